The Labute approximate surface area is 69.8 Å². The van der Waals surface area contributed by atoms with Gasteiger partial charge in [-0.2, -0.15) is 0 Å². The van der Waals surface area contributed by atoms with E-state index in [9.17, 15) is 0 Å². The first kappa shape index (κ1) is 8.46. The zero-order chi connectivity index (χ0) is 7.94. The number of piperidine rings is 1. The molecule has 0 aromatic heterocycles. The molecule has 1 saturated heterocycles. The largest absolute Gasteiger partial charge is 0.333 e. The van der Waals surface area contributed by atoms with E-state index in [1.807, 2.05) is 0 Å². The number of rotatable bonds is 1. The van der Waals surface area contributed by atoms with Gasteiger partial charge in [0.2, 0.25) is 0 Å². The van der Waals surface area contributed by atoms with E-state index in [4.69, 9.17) is 0 Å². The zero-order valence-corrected chi connectivity index (χ0v) is 7.40. The van der Waals surface area contributed by atoms with Crippen LogP contribution in [0.15, 0.2) is 0 Å². The highest BCUT2D eigenvalue weighted by atomic mass is 15.1. The summed E-state index contributed by atoms with van der Waals surface area (Å²) in [4.78, 5) is 2.26. The molecule has 1 fully saturated rings. The monoisotopic (exact) mass is 151 g/mol. The number of hydrogen-bond acceptors (Lipinski definition) is 1. The average molecular weight is 151 g/mol. The van der Waals surface area contributed by atoms with Crippen LogP contribution in [0.1, 0.15) is 39.0 Å². The fourth-order valence-electron chi connectivity index (χ4n) is 1.30. The second-order valence-electron chi connectivity index (χ2n) is 3.09. The Balaban J connectivity index is 2.19. The lowest BCUT2D eigenvalue weighted by Gasteiger charge is -2.21. The van der Waals surface area contributed by atoms with Crippen LogP contribution in [0.5, 0.6) is 0 Å². The summed E-state index contributed by atoms with van der Waals surface area (Å²) in [5.41, 5.74) is 0. The van der Waals surface area contributed by atoms with Crippen LogP contribution < -0.4 is 0 Å². The maximum Gasteiger partial charge on any atom is 0.0260 e. The average Bonchev–Trinajstić information content (AvgIpc) is 2.07. The summed E-state index contributed by atoms with van der Waals surface area (Å²) in [6, 6.07) is 3.21. The van der Waals surface area contributed by atoms with Crippen molar-refractivity contribution in [3.8, 4) is 12.0 Å². The second kappa shape index (κ2) is 5.07. The quantitative estimate of drug-likeness (QED) is 0.519. The van der Waals surface area contributed by atoms with Crippen molar-refractivity contribution in [3.63, 3.8) is 0 Å². The summed E-state index contributed by atoms with van der Waals surface area (Å²) in [6.07, 6.45) is 6.30. The molecule has 0 N–H and O–H groups in total. The maximum absolute atomic E-state index is 3.21. The van der Waals surface area contributed by atoms with Gasteiger partial charge in [0.05, 0.1) is 0 Å². The highest BCUT2D eigenvalue weighted by Crippen LogP contribution is 2.06. The van der Waals surface area contributed by atoms with E-state index in [0.29, 0.717) is 0 Å². The van der Waals surface area contributed by atoms with Crippen LogP contribution >= 0.6 is 0 Å². The molecule has 0 atom stereocenters. The molecule has 1 heterocycles. The third-order valence-electron chi connectivity index (χ3n) is 1.97. The molecule has 1 nitrogen and oxygen atoms in total. The third kappa shape index (κ3) is 3.32. The normalized spacial score (nSPS) is 17.4. The van der Waals surface area contributed by atoms with Crippen molar-refractivity contribution in [3.05, 3.63) is 0 Å². The minimum Gasteiger partial charge on any atom is -0.333 e. The number of unbranched alkanes of at least 4 members (excludes halogenated alkanes) is 1. The molecule has 0 unspecified atom stereocenters. The number of nitrogens with zero attached hydrogens (tertiary/aromatic N) is 1. The first-order valence-electron chi connectivity index (χ1n) is 4.67. The summed E-state index contributed by atoms with van der Waals surface area (Å²) < 4.78 is 0. The van der Waals surface area contributed by atoms with E-state index >= 15 is 0 Å². The van der Waals surface area contributed by atoms with E-state index in [-0.39, 0.29) is 0 Å². The van der Waals surface area contributed by atoms with Gasteiger partial charge < -0.3 is 4.90 Å². The molecule has 62 valence electrons. The first-order valence-corrected chi connectivity index (χ1v) is 4.67. The van der Waals surface area contributed by atoms with E-state index < -0.39 is 0 Å². The van der Waals surface area contributed by atoms with Crippen molar-refractivity contribution in [1.82, 2.24) is 4.90 Å². The van der Waals surface area contributed by atoms with Crippen LogP contribution in [-0.4, -0.2) is 18.0 Å². The van der Waals surface area contributed by atoms with Crippen molar-refractivity contribution < 1.29 is 0 Å². The molecule has 0 aliphatic carbocycles. The zero-order valence-electron chi connectivity index (χ0n) is 7.40. The SMILES string of the molecule is CCCC#CN1CCCCC1. The Hall–Kier alpha value is -0.640. The lowest BCUT2D eigenvalue weighted by Crippen LogP contribution is -2.24. The van der Waals surface area contributed by atoms with Crippen LogP contribution in [0.2, 0.25) is 0 Å². The van der Waals surface area contributed by atoms with Gasteiger partial charge in [-0.05, 0) is 25.7 Å². The standard InChI is InChI=1S/C10H17N/c1-2-3-5-8-11-9-6-4-7-10-11/h2-4,6-7,9-10H2,1H3. The molecule has 0 aromatic carbocycles. The fraction of sp³-hybridized carbons (Fsp3) is 0.800. The molecule has 0 saturated carbocycles. The predicted octanol–water partition coefficient (Wildman–Crippen LogP) is 2.23. The predicted molar refractivity (Wildman–Crippen MR) is 48.1 cm³/mol. The van der Waals surface area contributed by atoms with Crippen LogP contribution in [-0.2, 0) is 0 Å². The Morgan fingerprint density at radius 1 is 1.18 bits per heavy atom. The van der Waals surface area contributed by atoms with Crippen molar-refractivity contribution >= 4 is 0 Å². The van der Waals surface area contributed by atoms with Gasteiger partial charge in [0, 0.05) is 25.6 Å². The van der Waals surface area contributed by atoms with Crippen LogP contribution in [0.25, 0.3) is 0 Å². The minimum absolute atomic E-state index is 1.05. The summed E-state index contributed by atoms with van der Waals surface area (Å²) in [5, 5.41) is 0. The molecular formula is C10H17N. The van der Waals surface area contributed by atoms with Crippen molar-refractivity contribution in [1.29, 1.82) is 0 Å². The summed E-state index contributed by atoms with van der Waals surface area (Å²) in [6.45, 7) is 4.55. The van der Waals surface area contributed by atoms with E-state index in [1.54, 1.807) is 0 Å². The van der Waals surface area contributed by atoms with E-state index in [1.165, 1.54) is 38.8 Å². The second-order valence-corrected chi connectivity index (χ2v) is 3.09. The Kier molecular flexibility index (Phi) is 3.90. The number of likely N-dealkylation sites (tertiary alicyclic amines) is 1. The van der Waals surface area contributed by atoms with Gasteiger partial charge in [-0.3, -0.25) is 0 Å². The summed E-state index contributed by atoms with van der Waals surface area (Å²) in [7, 11) is 0. The molecule has 0 radical (unpaired) electrons. The Morgan fingerprint density at radius 2 is 1.91 bits per heavy atom. The van der Waals surface area contributed by atoms with Crippen molar-refractivity contribution in [2.75, 3.05) is 13.1 Å². The molecule has 0 amide bonds. The van der Waals surface area contributed by atoms with Gasteiger partial charge >= 0.3 is 0 Å². The van der Waals surface area contributed by atoms with Crippen LogP contribution in [0, 0.1) is 12.0 Å². The first-order chi connectivity index (χ1) is 5.43. The Morgan fingerprint density at radius 3 is 2.55 bits per heavy atom. The molecule has 1 heteroatoms. The maximum atomic E-state index is 3.21. The van der Waals surface area contributed by atoms with Crippen molar-refractivity contribution in [2.24, 2.45) is 0 Å². The number of hydrogen-bond donors (Lipinski definition) is 0. The fourth-order valence-corrected chi connectivity index (χ4v) is 1.30. The van der Waals surface area contributed by atoms with E-state index in [0.717, 1.165) is 6.42 Å². The smallest absolute Gasteiger partial charge is 0.0260 e. The molecule has 0 spiro atoms. The summed E-state index contributed by atoms with van der Waals surface area (Å²) in [5.74, 6) is 3.18. The van der Waals surface area contributed by atoms with Gasteiger partial charge in [-0.1, -0.05) is 12.8 Å². The van der Waals surface area contributed by atoms with E-state index in [2.05, 4.69) is 23.8 Å². The lowest BCUT2D eigenvalue weighted by molar-refractivity contribution is 0.326. The molecule has 0 bridgehead atoms. The molecule has 0 aromatic rings. The summed E-state index contributed by atoms with van der Waals surface area (Å²) >= 11 is 0. The molecular weight excluding hydrogens is 134 g/mol. The Bertz CT molecular complexity index is 146. The minimum atomic E-state index is 1.05. The third-order valence-corrected chi connectivity index (χ3v) is 1.97. The topological polar surface area (TPSA) is 3.24 Å². The van der Waals surface area contributed by atoms with Gasteiger partial charge in [0.1, 0.15) is 0 Å². The highest BCUT2D eigenvalue weighted by molar-refractivity contribution is 4.98. The molecule has 1 aliphatic heterocycles. The molecule has 1 rings (SSSR count). The lowest BCUT2D eigenvalue weighted by atomic mass is 10.1. The van der Waals surface area contributed by atoms with Crippen molar-refractivity contribution in [2.45, 2.75) is 39.0 Å². The van der Waals surface area contributed by atoms with Gasteiger partial charge in [-0.15, -0.1) is 0 Å². The molecule has 1 aliphatic rings. The molecule has 11 heavy (non-hydrogen) atoms. The van der Waals surface area contributed by atoms with Gasteiger partial charge in [0.25, 0.3) is 0 Å². The van der Waals surface area contributed by atoms with Crippen LogP contribution in [0.3, 0.4) is 0 Å². The van der Waals surface area contributed by atoms with Crippen LogP contribution in [0.4, 0.5) is 0 Å². The van der Waals surface area contributed by atoms with Gasteiger partial charge in [0.15, 0.2) is 0 Å². The highest BCUT2D eigenvalue weighted by Gasteiger charge is 2.04. The van der Waals surface area contributed by atoms with Gasteiger partial charge in [-0.25, -0.2) is 0 Å².